The lowest BCUT2D eigenvalue weighted by Gasteiger charge is -2.26. The second kappa shape index (κ2) is 10.1. The highest BCUT2D eigenvalue weighted by atomic mass is 16.7. The first-order chi connectivity index (χ1) is 16.5. The zero-order valence-corrected chi connectivity index (χ0v) is 18.3. The molecule has 0 aliphatic carbocycles. The zero-order chi connectivity index (χ0) is 24.1. The second-order valence-electron chi connectivity index (χ2n) is 7.36. The van der Waals surface area contributed by atoms with Gasteiger partial charge in [0.25, 0.3) is 0 Å². The fourth-order valence-electron chi connectivity index (χ4n) is 3.71. The summed E-state index contributed by atoms with van der Waals surface area (Å²) in [6.07, 6.45) is -0.442. The summed E-state index contributed by atoms with van der Waals surface area (Å²) in [6, 6.07) is 15.1. The van der Waals surface area contributed by atoms with Crippen LogP contribution in [-0.4, -0.2) is 41.8 Å². The van der Waals surface area contributed by atoms with Gasteiger partial charge in [0.05, 0.1) is 0 Å². The summed E-state index contributed by atoms with van der Waals surface area (Å²) in [4.78, 5) is 24.1. The summed E-state index contributed by atoms with van der Waals surface area (Å²) in [5.41, 5.74) is 0.973. The van der Waals surface area contributed by atoms with Crippen LogP contribution in [0.15, 0.2) is 66.7 Å². The molecule has 3 N–H and O–H groups in total. The van der Waals surface area contributed by atoms with Gasteiger partial charge in [-0.25, -0.2) is 9.59 Å². The van der Waals surface area contributed by atoms with Gasteiger partial charge < -0.3 is 29.2 Å². The Morgan fingerprint density at radius 3 is 2.62 bits per heavy atom. The van der Waals surface area contributed by atoms with Crippen LogP contribution in [0.2, 0.25) is 0 Å². The van der Waals surface area contributed by atoms with Crippen LogP contribution in [-0.2, 0) is 14.3 Å². The average Bonchev–Trinajstić information content (AvgIpc) is 3.29. The Bertz CT molecular complexity index is 1240. The molecule has 0 bridgehead atoms. The maximum Gasteiger partial charge on any atom is 0.412 e. The number of ether oxygens (including phenoxy) is 4. The molecular formula is C25H23NO8. The lowest BCUT2D eigenvalue weighted by atomic mass is 9.96. The third-order valence-electron chi connectivity index (χ3n) is 5.18. The van der Waals surface area contributed by atoms with Gasteiger partial charge in [-0.2, -0.15) is 0 Å². The van der Waals surface area contributed by atoms with E-state index in [1.54, 1.807) is 55.5 Å². The molecule has 0 fully saturated rings. The van der Waals surface area contributed by atoms with Crippen molar-refractivity contribution in [2.45, 2.75) is 19.1 Å². The largest absolute Gasteiger partial charge is 0.507 e. The molecular weight excluding hydrogens is 442 g/mol. The van der Waals surface area contributed by atoms with E-state index in [2.05, 4.69) is 5.32 Å². The van der Waals surface area contributed by atoms with Gasteiger partial charge in [0.2, 0.25) is 6.79 Å². The van der Waals surface area contributed by atoms with Crippen molar-refractivity contribution in [2.24, 2.45) is 0 Å². The molecule has 0 spiro atoms. The summed E-state index contributed by atoms with van der Waals surface area (Å²) in [5, 5.41) is 23.3. The lowest BCUT2D eigenvalue weighted by Crippen LogP contribution is -2.28. The van der Waals surface area contributed by atoms with E-state index in [4.69, 9.17) is 24.1 Å². The molecule has 1 aliphatic heterocycles. The molecule has 176 valence electrons. The number of carbonyl (C=O) groups excluding carboxylic acids is 1. The SMILES string of the molecule is CCO[C@H](/C=C/C(=O)O)[C@H](OC(=O)Nc1ccc2c(c1)OCO2)c1ccc(O)c2ccccc12. The number of nitrogens with one attached hydrogen (secondary N) is 1. The molecule has 0 saturated heterocycles. The normalized spacial score (nSPS) is 14.1. The number of phenolic OH excluding ortho intramolecular Hbond substituents is 1. The van der Waals surface area contributed by atoms with Gasteiger partial charge in [-0.05, 0) is 36.6 Å². The number of aromatic hydroxyl groups is 1. The van der Waals surface area contributed by atoms with Crippen molar-refractivity contribution in [3.63, 3.8) is 0 Å². The minimum atomic E-state index is -1.16. The minimum absolute atomic E-state index is 0.0666. The van der Waals surface area contributed by atoms with Crippen molar-refractivity contribution in [2.75, 3.05) is 18.7 Å². The van der Waals surface area contributed by atoms with E-state index in [0.717, 1.165) is 6.08 Å². The van der Waals surface area contributed by atoms with E-state index in [0.29, 0.717) is 33.5 Å². The van der Waals surface area contributed by atoms with Gasteiger partial charge in [-0.15, -0.1) is 0 Å². The summed E-state index contributed by atoms with van der Waals surface area (Å²) >= 11 is 0. The van der Waals surface area contributed by atoms with E-state index < -0.39 is 24.3 Å². The van der Waals surface area contributed by atoms with Crippen LogP contribution < -0.4 is 14.8 Å². The van der Waals surface area contributed by atoms with Crippen LogP contribution in [0.25, 0.3) is 10.8 Å². The van der Waals surface area contributed by atoms with E-state index in [1.807, 2.05) is 0 Å². The highest BCUT2D eigenvalue weighted by molar-refractivity contribution is 5.92. The fraction of sp³-hybridized carbons (Fsp3) is 0.200. The number of hydrogen-bond acceptors (Lipinski definition) is 7. The lowest BCUT2D eigenvalue weighted by molar-refractivity contribution is -0.131. The van der Waals surface area contributed by atoms with Gasteiger partial charge in [-0.1, -0.05) is 30.3 Å². The van der Waals surface area contributed by atoms with Crippen molar-refractivity contribution in [1.29, 1.82) is 0 Å². The number of anilines is 1. The number of carboxylic acid groups (broad SMARTS) is 1. The quantitative estimate of drug-likeness (QED) is 0.412. The second-order valence-corrected chi connectivity index (χ2v) is 7.36. The van der Waals surface area contributed by atoms with E-state index in [-0.39, 0.29) is 19.1 Å². The zero-order valence-electron chi connectivity index (χ0n) is 18.3. The molecule has 34 heavy (non-hydrogen) atoms. The van der Waals surface area contributed by atoms with Crippen LogP contribution in [0.3, 0.4) is 0 Å². The molecule has 0 unspecified atom stereocenters. The number of rotatable bonds is 8. The van der Waals surface area contributed by atoms with Crippen LogP contribution in [0.4, 0.5) is 10.5 Å². The number of phenols is 1. The Kier molecular flexibility index (Phi) is 6.84. The van der Waals surface area contributed by atoms with Gasteiger partial charge in [0, 0.05) is 35.4 Å². The fourth-order valence-corrected chi connectivity index (χ4v) is 3.71. The molecule has 1 aliphatic rings. The number of aliphatic carboxylic acids is 1. The number of fused-ring (bicyclic) bond motifs is 2. The molecule has 9 nitrogen and oxygen atoms in total. The molecule has 4 rings (SSSR count). The highest BCUT2D eigenvalue weighted by Gasteiger charge is 2.28. The Hall–Kier alpha value is -4.24. The van der Waals surface area contributed by atoms with Gasteiger partial charge >= 0.3 is 12.1 Å². The van der Waals surface area contributed by atoms with Crippen LogP contribution in [0, 0.1) is 0 Å². The Balaban J connectivity index is 1.68. The molecule has 0 aromatic heterocycles. The van der Waals surface area contributed by atoms with Crippen molar-refractivity contribution >= 4 is 28.5 Å². The van der Waals surface area contributed by atoms with E-state index in [1.165, 1.54) is 12.1 Å². The van der Waals surface area contributed by atoms with Gasteiger partial charge in [0.15, 0.2) is 17.6 Å². The molecule has 0 radical (unpaired) electrons. The number of carboxylic acids is 1. The average molecular weight is 465 g/mol. The Morgan fingerprint density at radius 2 is 1.85 bits per heavy atom. The van der Waals surface area contributed by atoms with Crippen molar-refractivity contribution in [1.82, 2.24) is 0 Å². The minimum Gasteiger partial charge on any atom is -0.507 e. The topological polar surface area (TPSA) is 124 Å². The number of benzene rings is 3. The Morgan fingerprint density at radius 1 is 1.09 bits per heavy atom. The predicted molar refractivity (Wildman–Crippen MR) is 123 cm³/mol. The molecule has 0 saturated carbocycles. The first kappa shape index (κ1) is 22.9. The third kappa shape index (κ3) is 5.05. The maximum atomic E-state index is 12.9. The summed E-state index contributed by atoms with van der Waals surface area (Å²) < 4.78 is 22.1. The molecule has 9 heteroatoms. The first-order valence-corrected chi connectivity index (χ1v) is 10.6. The maximum absolute atomic E-state index is 12.9. The number of carbonyl (C=O) groups is 2. The van der Waals surface area contributed by atoms with Crippen LogP contribution >= 0.6 is 0 Å². The predicted octanol–water partition coefficient (Wildman–Crippen LogP) is 4.61. The highest BCUT2D eigenvalue weighted by Crippen LogP contribution is 2.36. The Labute approximate surface area is 195 Å². The number of amides is 1. The van der Waals surface area contributed by atoms with Crippen LogP contribution in [0.5, 0.6) is 17.2 Å². The smallest absolute Gasteiger partial charge is 0.412 e. The third-order valence-corrected chi connectivity index (χ3v) is 5.18. The van der Waals surface area contributed by atoms with Gasteiger partial charge in [-0.3, -0.25) is 5.32 Å². The van der Waals surface area contributed by atoms with E-state index >= 15 is 0 Å². The molecule has 3 aromatic rings. The van der Waals surface area contributed by atoms with Crippen LogP contribution in [0.1, 0.15) is 18.6 Å². The molecule has 1 amide bonds. The van der Waals surface area contributed by atoms with Crippen molar-refractivity contribution in [3.05, 3.63) is 72.3 Å². The van der Waals surface area contributed by atoms with Crippen molar-refractivity contribution < 1.29 is 38.7 Å². The van der Waals surface area contributed by atoms with Crippen molar-refractivity contribution in [3.8, 4) is 17.2 Å². The molecule has 2 atom stereocenters. The summed E-state index contributed by atoms with van der Waals surface area (Å²) in [6.45, 7) is 2.10. The number of hydrogen-bond donors (Lipinski definition) is 3. The molecule has 3 aromatic carbocycles. The molecule has 1 heterocycles. The summed E-state index contributed by atoms with van der Waals surface area (Å²) in [5.74, 6) is -0.0289. The van der Waals surface area contributed by atoms with E-state index in [9.17, 15) is 14.7 Å². The van der Waals surface area contributed by atoms with Gasteiger partial charge in [0.1, 0.15) is 11.9 Å². The standard InChI is InChI=1S/C25H23NO8/c1-2-31-21(11-12-23(28)29)24(18-8-9-19(27)17-6-4-3-5-16(17)18)34-25(30)26-15-7-10-20-22(13-15)33-14-32-20/h3-13,21,24,27H,2,14H2,1H3,(H,26,30)(H,28,29)/b12-11+/t21-,24-/m1/s1. The summed E-state index contributed by atoms with van der Waals surface area (Å²) in [7, 11) is 0. The first-order valence-electron chi connectivity index (χ1n) is 10.6. The monoisotopic (exact) mass is 465 g/mol.